The third-order valence-corrected chi connectivity index (χ3v) is 5.07. The third kappa shape index (κ3) is 4.61. The van der Waals surface area contributed by atoms with E-state index >= 15 is 0 Å². The predicted octanol–water partition coefficient (Wildman–Crippen LogP) is 4.40. The zero-order valence-corrected chi connectivity index (χ0v) is 17.1. The molecule has 0 radical (unpaired) electrons. The molecule has 29 heavy (non-hydrogen) atoms. The number of hydrogen-bond donors (Lipinski definition) is 3. The van der Waals surface area contributed by atoms with E-state index in [1.165, 1.54) is 23.4 Å². The fraction of sp³-hybridized carbons (Fsp3) is 0.111. The largest absolute Gasteiger partial charge is 0.505 e. The minimum absolute atomic E-state index is 0.0409. The van der Waals surface area contributed by atoms with Gasteiger partial charge in [-0.05, 0) is 37.3 Å². The summed E-state index contributed by atoms with van der Waals surface area (Å²) in [6.45, 7) is 1.69. The van der Waals surface area contributed by atoms with Gasteiger partial charge in [-0.3, -0.25) is 9.59 Å². The first-order valence-electron chi connectivity index (χ1n) is 8.20. The van der Waals surface area contributed by atoms with Crippen molar-refractivity contribution >= 4 is 58.0 Å². The van der Waals surface area contributed by atoms with Crippen molar-refractivity contribution in [1.29, 1.82) is 0 Å². The average molecular weight is 455 g/mol. The Labute approximate surface area is 180 Å². The number of carbonyl (C=O) groups is 2. The number of aromatic nitrogens is 3. The van der Waals surface area contributed by atoms with Crippen LogP contribution in [0.3, 0.4) is 0 Å². The van der Waals surface area contributed by atoms with Crippen molar-refractivity contribution in [3.05, 3.63) is 63.6 Å². The highest BCUT2D eigenvalue weighted by Gasteiger charge is 2.21. The molecule has 150 valence electrons. The lowest BCUT2D eigenvalue weighted by molar-refractivity contribution is -0.119. The van der Waals surface area contributed by atoms with Gasteiger partial charge >= 0.3 is 0 Å². The average Bonchev–Trinajstić information content (AvgIpc) is 3.22. The van der Waals surface area contributed by atoms with E-state index in [9.17, 15) is 14.7 Å². The van der Waals surface area contributed by atoms with Crippen molar-refractivity contribution < 1.29 is 14.7 Å². The maximum Gasteiger partial charge on any atom is 0.261 e. The molecule has 1 heterocycles. The monoisotopic (exact) mass is 453 g/mol. The molecule has 0 bridgehead atoms. The number of nitrogens with one attached hydrogen (secondary N) is 2. The fourth-order valence-corrected chi connectivity index (χ4v) is 3.10. The molecule has 3 N–H and O–H groups in total. The van der Waals surface area contributed by atoms with Crippen LogP contribution >= 0.6 is 34.8 Å². The van der Waals surface area contributed by atoms with E-state index in [0.717, 1.165) is 0 Å². The number of rotatable bonds is 5. The molecule has 2 amide bonds. The van der Waals surface area contributed by atoms with Crippen LogP contribution < -0.4 is 10.6 Å². The minimum atomic E-state index is -0.687. The number of halogens is 3. The third-order valence-electron chi connectivity index (χ3n) is 4.00. The standard InChI is InChI=1S/C18H14Cl3N5O3/c1-9(26-8-22-7-23-26)17(28)24-10-2-4-11(5-3-10)25-18(29)14-15(21)12(19)6-13(20)16(14)27/h2-9,27H,1H3,(H,24,28)(H,25,29). The van der Waals surface area contributed by atoms with Crippen LogP contribution in [-0.2, 0) is 4.79 Å². The molecule has 3 rings (SSSR count). The van der Waals surface area contributed by atoms with Crippen molar-refractivity contribution in [2.75, 3.05) is 10.6 Å². The minimum Gasteiger partial charge on any atom is -0.505 e. The van der Waals surface area contributed by atoms with Crippen molar-refractivity contribution in [2.24, 2.45) is 0 Å². The maximum absolute atomic E-state index is 12.5. The van der Waals surface area contributed by atoms with Crippen molar-refractivity contribution in [2.45, 2.75) is 13.0 Å². The smallest absolute Gasteiger partial charge is 0.261 e. The highest BCUT2D eigenvalue weighted by atomic mass is 35.5. The Morgan fingerprint density at radius 3 is 2.28 bits per heavy atom. The topological polar surface area (TPSA) is 109 Å². The van der Waals surface area contributed by atoms with Crippen LogP contribution in [0, 0.1) is 0 Å². The molecule has 8 nitrogen and oxygen atoms in total. The first kappa shape index (κ1) is 20.9. The number of nitrogens with zero attached hydrogens (tertiary/aromatic N) is 3. The van der Waals surface area contributed by atoms with E-state index in [0.29, 0.717) is 11.4 Å². The number of hydrogen-bond acceptors (Lipinski definition) is 5. The number of phenols is 1. The van der Waals surface area contributed by atoms with Gasteiger partial charge in [0.2, 0.25) is 5.91 Å². The summed E-state index contributed by atoms with van der Waals surface area (Å²) in [5, 5.41) is 19.1. The van der Waals surface area contributed by atoms with Crippen LogP contribution in [0.15, 0.2) is 43.0 Å². The molecule has 0 saturated carbocycles. The van der Waals surface area contributed by atoms with Gasteiger partial charge in [-0.15, -0.1) is 0 Å². The second-order valence-corrected chi connectivity index (χ2v) is 7.14. The van der Waals surface area contributed by atoms with Crippen LogP contribution in [0.2, 0.25) is 15.1 Å². The molecular weight excluding hydrogens is 441 g/mol. The van der Waals surface area contributed by atoms with E-state index in [4.69, 9.17) is 34.8 Å². The predicted molar refractivity (Wildman–Crippen MR) is 111 cm³/mol. The van der Waals surface area contributed by atoms with Gasteiger partial charge in [0, 0.05) is 11.4 Å². The maximum atomic E-state index is 12.5. The first-order valence-corrected chi connectivity index (χ1v) is 9.34. The molecule has 0 fully saturated rings. The molecule has 2 aromatic carbocycles. The first-order chi connectivity index (χ1) is 13.8. The van der Waals surface area contributed by atoms with E-state index in [2.05, 4.69) is 20.7 Å². The lowest BCUT2D eigenvalue weighted by Gasteiger charge is -2.13. The van der Waals surface area contributed by atoms with Gasteiger partial charge in [-0.25, -0.2) is 9.67 Å². The van der Waals surface area contributed by atoms with Crippen LogP contribution in [-0.4, -0.2) is 31.7 Å². The molecule has 0 saturated heterocycles. The van der Waals surface area contributed by atoms with E-state index in [1.807, 2.05) is 0 Å². The Morgan fingerprint density at radius 2 is 1.69 bits per heavy atom. The number of amides is 2. The van der Waals surface area contributed by atoms with Gasteiger partial charge in [-0.2, -0.15) is 5.10 Å². The Kier molecular flexibility index (Phi) is 6.26. The number of anilines is 2. The zero-order valence-electron chi connectivity index (χ0n) is 14.9. The Bertz CT molecular complexity index is 1030. The molecule has 1 unspecified atom stereocenters. The van der Waals surface area contributed by atoms with Gasteiger partial charge in [-0.1, -0.05) is 34.8 Å². The van der Waals surface area contributed by atoms with Crippen molar-refractivity contribution in [3.63, 3.8) is 0 Å². The molecule has 0 spiro atoms. The summed E-state index contributed by atoms with van der Waals surface area (Å²) in [5.74, 6) is -1.43. The summed E-state index contributed by atoms with van der Waals surface area (Å²) in [4.78, 5) is 28.6. The molecule has 0 aliphatic heterocycles. The highest BCUT2D eigenvalue weighted by Crippen LogP contribution is 2.38. The summed E-state index contributed by atoms with van der Waals surface area (Å²) in [6, 6.07) is 7.06. The quantitative estimate of drug-likeness (QED) is 0.495. The van der Waals surface area contributed by atoms with Gasteiger partial charge in [0.15, 0.2) is 0 Å². The Hall–Kier alpha value is -2.81. The highest BCUT2D eigenvalue weighted by molar-refractivity contribution is 6.46. The summed E-state index contributed by atoms with van der Waals surface area (Å²) in [6.07, 6.45) is 2.80. The Morgan fingerprint density at radius 1 is 1.07 bits per heavy atom. The van der Waals surface area contributed by atoms with Gasteiger partial charge in [0.1, 0.15) is 30.0 Å². The second kappa shape index (κ2) is 8.69. The zero-order chi connectivity index (χ0) is 21.1. The number of aromatic hydroxyl groups is 1. The molecule has 11 heteroatoms. The number of carbonyl (C=O) groups excluding carboxylic acids is 2. The summed E-state index contributed by atoms with van der Waals surface area (Å²) in [5.41, 5.74) is 0.693. The van der Waals surface area contributed by atoms with E-state index < -0.39 is 17.7 Å². The number of phenolic OH excluding ortho intramolecular Hbond substituents is 1. The lowest BCUT2D eigenvalue weighted by atomic mass is 10.1. The van der Waals surface area contributed by atoms with Gasteiger partial charge in [0.05, 0.1) is 15.1 Å². The van der Waals surface area contributed by atoms with E-state index in [1.54, 1.807) is 31.2 Å². The second-order valence-electron chi connectivity index (χ2n) is 5.95. The molecule has 3 aromatic rings. The van der Waals surface area contributed by atoms with E-state index in [-0.39, 0.29) is 26.5 Å². The van der Waals surface area contributed by atoms with Crippen LogP contribution in [0.5, 0.6) is 5.75 Å². The molecule has 0 aliphatic rings. The Balaban J connectivity index is 1.70. The summed E-state index contributed by atoms with van der Waals surface area (Å²) < 4.78 is 1.43. The van der Waals surface area contributed by atoms with Crippen molar-refractivity contribution in [1.82, 2.24) is 14.8 Å². The van der Waals surface area contributed by atoms with Crippen LogP contribution in [0.25, 0.3) is 0 Å². The van der Waals surface area contributed by atoms with Gasteiger partial charge in [0.25, 0.3) is 5.91 Å². The molecule has 1 atom stereocenters. The summed E-state index contributed by atoms with van der Waals surface area (Å²) in [7, 11) is 0. The molecular formula is C18H14Cl3N5O3. The normalized spacial score (nSPS) is 11.7. The molecule has 1 aromatic heterocycles. The van der Waals surface area contributed by atoms with Crippen molar-refractivity contribution in [3.8, 4) is 5.75 Å². The SMILES string of the molecule is CC(C(=O)Nc1ccc(NC(=O)c2c(O)c(Cl)cc(Cl)c2Cl)cc1)n1cncn1. The lowest BCUT2D eigenvalue weighted by Crippen LogP contribution is -2.24. The fourth-order valence-electron chi connectivity index (χ4n) is 2.41. The van der Waals surface area contributed by atoms with Crippen LogP contribution in [0.1, 0.15) is 23.3 Å². The molecule has 0 aliphatic carbocycles. The number of benzene rings is 2. The van der Waals surface area contributed by atoms with Gasteiger partial charge < -0.3 is 15.7 Å². The summed E-state index contributed by atoms with van der Waals surface area (Å²) >= 11 is 17.8. The van der Waals surface area contributed by atoms with Crippen LogP contribution in [0.4, 0.5) is 11.4 Å².